The van der Waals surface area contributed by atoms with Crippen molar-refractivity contribution in [2.24, 2.45) is 0 Å². The maximum atomic E-state index is 11.9. The van der Waals surface area contributed by atoms with Gasteiger partial charge in [-0.15, -0.1) is 0 Å². The molecule has 0 aromatic heterocycles. The molecule has 1 aliphatic heterocycles. The van der Waals surface area contributed by atoms with Gasteiger partial charge in [0.25, 0.3) is 0 Å². The van der Waals surface area contributed by atoms with Gasteiger partial charge in [-0.2, -0.15) is 0 Å². The van der Waals surface area contributed by atoms with E-state index in [9.17, 15) is 4.79 Å². The first-order chi connectivity index (χ1) is 14.1. The Bertz CT molecular complexity index is 845. The first-order valence-corrected chi connectivity index (χ1v) is 9.31. The first-order valence-electron chi connectivity index (χ1n) is 8.51. The van der Waals surface area contributed by atoms with Gasteiger partial charge in [-0.3, -0.25) is 4.79 Å². The monoisotopic (exact) mass is 505 g/mol. The molecule has 0 spiro atoms. The van der Waals surface area contributed by atoms with E-state index in [1.165, 1.54) is 16.7 Å². The molecule has 0 unspecified atom stereocenters. The van der Waals surface area contributed by atoms with Gasteiger partial charge in [0.1, 0.15) is 0 Å². The molecule has 1 aliphatic rings. The zero-order chi connectivity index (χ0) is 22.2. The molecule has 3 rings (SSSR count). The molecule has 0 N–H and O–H groups in total. The van der Waals surface area contributed by atoms with Crippen LogP contribution < -0.4 is 0 Å². The third-order valence-corrected chi connectivity index (χ3v) is 4.89. The van der Waals surface area contributed by atoms with Gasteiger partial charge < -0.3 is 4.90 Å². The standard InChI is InChI=1S/C20H20BrNO.3CO.Cr/c1-15-4-2-3-5-19(15)20-14-18(23)11-13-22(20)12-10-16-6-8-17(21)9-7-16;3*1-2;/h2-9,11,13,20H,10,12,14H2,1H3;;;;/t20-;;;;/m1..../s1. The Balaban J connectivity index is 0. The largest absolute Gasteiger partial charge is 0 e. The van der Waals surface area contributed by atoms with Crippen LogP contribution in [0.4, 0.5) is 0 Å². The summed E-state index contributed by atoms with van der Waals surface area (Å²) in [5, 5.41) is 0. The number of carbonyl (C=O) groups is 1. The molecule has 30 heavy (non-hydrogen) atoms. The quantitative estimate of drug-likeness (QED) is 0.445. The zero-order valence-electron chi connectivity index (χ0n) is 16.3. The summed E-state index contributed by atoms with van der Waals surface area (Å²) in [5.41, 5.74) is 3.80. The average Bonchev–Trinajstić information content (AvgIpc) is 2.78. The van der Waals surface area contributed by atoms with E-state index >= 15 is 0 Å². The van der Waals surface area contributed by atoms with E-state index in [1.807, 2.05) is 12.3 Å². The number of allylic oxidation sites excluding steroid dienone is 1. The molecule has 7 heteroatoms. The summed E-state index contributed by atoms with van der Waals surface area (Å²) in [7, 11) is 0. The van der Waals surface area contributed by atoms with Gasteiger partial charge in [-0.25, -0.2) is 0 Å². The van der Waals surface area contributed by atoms with E-state index in [0.717, 1.165) is 17.4 Å². The van der Waals surface area contributed by atoms with E-state index in [-0.39, 0.29) is 29.2 Å². The third kappa shape index (κ3) is 9.59. The summed E-state index contributed by atoms with van der Waals surface area (Å²) in [6, 6.07) is 16.9. The summed E-state index contributed by atoms with van der Waals surface area (Å²) in [4.78, 5) is 14.2. The predicted molar refractivity (Wildman–Crippen MR) is 109 cm³/mol. The van der Waals surface area contributed by atoms with Crippen molar-refractivity contribution >= 4 is 21.7 Å². The molecule has 0 amide bonds. The van der Waals surface area contributed by atoms with Crippen molar-refractivity contribution in [3.05, 3.63) is 102 Å². The number of ketones is 1. The zero-order valence-corrected chi connectivity index (χ0v) is 19.2. The predicted octanol–water partition coefficient (Wildman–Crippen LogP) is 4.71. The Morgan fingerprint density at radius 2 is 1.57 bits per heavy atom. The van der Waals surface area contributed by atoms with Gasteiger partial charge in [-0.05, 0) is 48.2 Å². The smallest absolute Gasteiger partial charge is 0 e. The van der Waals surface area contributed by atoms with Gasteiger partial charge in [0.05, 0.1) is 6.04 Å². The Morgan fingerprint density at radius 1 is 1.00 bits per heavy atom. The number of nitrogens with zero attached hydrogens (tertiary/aromatic N) is 1. The van der Waals surface area contributed by atoms with Crippen molar-refractivity contribution < 1.29 is 36.1 Å². The second-order valence-corrected chi connectivity index (χ2v) is 6.89. The Morgan fingerprint density at radius 3 is 2.13 bits per heavy atom. The molecule has 0 fully saturated rings. The van der Waals surface area contributed by atoms with Crippen LogP contribution >= 0.6 is 15.9 Å². The molecule has 1 atom stereocenters. The molecule has 154 valence electrons. The van der Waals surface area contributed by atoms with Crippen LogP contribution in [0.3, 0.4) is 0 Å². The van der Waals surface area contributed by atoms with Crippen LogP contribution in [0.15, 0.2) is 65.3 Å². The Kier molecular flexibility index (Phi) is 17.8. The summed E-state index contributed by atoms with van der Waals surface area (Å²) < 4.78 is 23.6. The molecule has 0 saturated carbocycles. The van der Waals surface area contributed by atoms with Gasteiger partial charge >= 0.3 is 33.9 Å². The fourth-order valence-corrected chi connectivity index (χ4v) is 3.31. The molecular weight excluding hydrogens is 486 g/mol. The fraction of sp³-hybridized carbons (Fsp3) is 0.217. The molecule has 0 bridgehead atoms. The van der Waals surface area contributed by atoms with Gasteiger partial charge in [-0.1, -0.05) is 52.3 Å². The van der Waals surface area contributed by atoms with Crippen molar-refractivity contribution in [3.8, 4) is 0 Å². The number of benzene rings is 2. The van der Waals surface area contributed by atoms with E-state index in [2.05, 4.69) is 90.2 Å². The number of aryl methyl sites for hydroxylation is 1. The minimum Gasteiger partial charge on any atom is 0 e. The maximum absolute atomic E-state index is 11.9. The molecule has 5 nitrogen and oxygen atoms in total. The van der Waals surface area contributed by atoms with Crippen molar-refractivity contribution in [1.29, 1.82) is 0 Å². The SMILES string of the molecule is Cc1ccccc1[C@H]1CC(=O)C=CN1CCc1ccc(Br)cc1.[C-]#[O+].[C-]#[O+].[C-]#[O+].[Cr]. The third-order valence-electron chi connectivity index (χ3n) is 4.37. The first kappa shape index (κ1) is 30.1. The van der Waals surface area contributed by atoms with E-state index in [1.54, 1.807) is 6.08 Å². The van der Waals surface area contributed by atoms with Gasteiger partial charge in [0, 0.05) is 41.0 Å². The molecule has 0 radical (unpaired) electrons. The van der Waals surface area contributed by atoms with Crippen LogP contribution in [0.2, 0.25) is 0 Å². The number of hydrogen-bond acceptors (Lipinski definition) is 2. The van der Waals surface area contributed by atoms with Gasteiger partial charge in [0.15, 0.2) is 5.78 Å². The molecule has 0 aliphatic carbocycles. The van der Waals surface area contributed by atoms with Crippen LogP contribution in [0.5, 0.6) is 0 Å². The Labute approximate surface area is 196 Å². The second kappa shape index (κ2) is 17.7. The summed E-state index contributed by atoms with van der Waals surface area (Å²) in [5.74, 6) is 0.207. The number of halogens is 1. The van der Waals surface area contributed by atoms with E-state index < -0.39 is 0 Å². The van der Waals surface area contributed by atoms with Crippen molar-refractivity contribution in [2.45, 2.75) is 25.8 Å². The molecule has 2 aromatic rings. The van der Waals surface area contributed by atoms with Crippen molar-refractivity contribution in [1.82, 2.24) is 4.90 Å². The second-order valence-electron chi connectivity index (χ2n) is 5.97. The number of rotatable bonds is 4. The van der Waals surface area contributed by atoms with Crippen molar-refractivity contribution in [2.75, 3.05) is 6.54 Å². The van der Waals surface area contributed by atoms with Crippen molar-refractivity contribution in [3.63, 3.8) is 0 Å². The normalized spacial score (nSPS) is 13.7. The Hall–Kier alpha value is -2.12. The van der Waals surface area contributed by atoms with Crippen LogP contribution in [0, 0.1) is 26.9 Å². The van der Waals surface area contributed by atoms with Crippen LogP contribution in [0.25, 0.3) is 0 Å². The summed E-state index contributed by atoms with van der Waals surface area (Å²) >= 11 is 3.47. The van der Waals surface area contributed by atoms with Crippen LogP contribution in [-0.4, -0.2) is 17.2 Å². The number of hydrogen-bond donors (Lipinski definition) is 0. The minimum absolute atomic E-state index is 0. The topological polar surface area (TPSA) is 80.0 Å². The maximum Gasteiger partial charge on any atom is 0 e. The van der Waals surface area contributed by atoms with E-state index in [4.69, 9.17) is 14.0 Å². The number of carbonyl (C=O) groups excluding carboxylic acids is 1. The average molecular weight is 506 g/mol. The van der Waals surface area contributed by atoms with Gasteiger partial charge in [0.2, 0.25) is 0 Å². The summed E-state index contributed by atoms with van der Waals surface area (Å²) in [6.45, 7) is 16.5. The molecule has 1 heterocycles. The summed E-state index contributed by atoms with van der Waals surface area (Å²) in [6.07, 6.45) is 5.19. The van der Waals surface area contributed by atoms with Crippen LogP contribution in [-0.2, 0) is 42.5 Å². The molecular formula is C23H20BrCrNO4. The van der Waals surface area contributed by atoms with Crippen LogP contribution in [0.1, 0.15) is 29.2 Å². The fourth-order valence-electron chi connectivity index (χ4n) is 3.05. The minimum atomic E-state index is 0. The van der Waals surface area contributed by atoms with E-state index in [0.29, 0.717) is 6.42 Å². The molecule has 0 saturated heterocycles. The molecule has 2 aromatic carbocycles.